The molecule has 0 unspecified atom stereocenters. The van der Waals surface area contributed by atoms with Crippen molar-refractivity contribution in [1.82, 2.24) is 9.97 Å². The first-order valence-electron chi connectivity index (χ1n) is 9.05. The van der Waals surface area contributed by atoms with E-state index in [9.17, 15) is 0 Å². The maximum absolute atomic E-state index is 4.54. The minimum atomic E-state index is 0.576. The molecule has 0 radical (unpaired) electrons. The first-order valence-corrected chi connectivity index (χ1v) is 9.05. The van der Waals surface area contributed by atoms with Gasteiger partial charge in [0.1, 0.15) is 5.82 Å². The van der Waals surface area contributed by atoms with Crippen LogP contribution in [0.1, 0.15) is 18.4 Å². The van der Waals surface area contributed by atoms with Crippen LogP contribution in [0, 0.1) is 6.92 Å². The summed E-state index contributed by atoms with van der Waals surface area (Å²) in [5, 5.41) is 6.58. The van der Waals surface area contributed by atoms with Crippen LogP contribution in [0.5, 0.6) is 0 Å². The predicted octanol–water partition coefficient (Wildman–Crippen LogP) is 4.87. The van der Waals surface area contributed by atoms with Gasteiger partial charge in [0.05, 0.1) is 0 Å². The smallest absolute Gasteiger partial charge is 0.229 e. The van der Waals surface area contributed by atoms with E-state index in [2.05, 4.69) is 68.8 Å². The summed E-state index contributed by atoms with van der Waals surface area (Å²) in [5.74, 6) is 1.34. The third-order valence-corrected chi connectivity index (χ3v) is 4.57. The molecule has 0 spiro atoms. The molecule has 0 aliphatic carbocycles. The molecular formula is C21H23N5. The van der Waals surface area contributed by atoms with Crippen LogP contribution in [0.2, 0.25) is 0 Å². The van der Waals surface area contributed by atoms with Gasteiger partial charge in [-0.25, -0.2) is 4.98 Å². The van der Waals surface area contributed by atoms with Crippen molar-refractivity contribution in [3.8, 4) is 0 Å². The summed E-state index contributed by atoms with van der Waals surface area (Å²) in [6.07, 6.45) is 4.33. The first-order chi connectivity index (χ1) is 12.8. The summed E-state index contributed by atoms with van der Waals surface area (Å²) in [5.41, 5.74) is 4.51. The Hall–Kier alpha value is -3.08. The Balaban J connectivity index is 1.44. The van der Waals surface area contributed by atoms with Gasteiger partial charge in [0.25, 0.3) is 0 Å². The molecule has 0 bridgehead atoms. The fourth-order valence-electron chi connectivity index (χ4n) is 3.13. The number of aromatic nitrogens is 2. The van der Waals surface area contributed by atoms with Crippen molar-refractivity contribution in [2.24, 2.45) is 0 Å². The highest BCUT2D eigenvalue weighted by Crippen LogP contribution is 2.24. The molecule has 2 heterocycles. The molecule has 4 rings (SSSR count). The average Bonchev–Trinajstić information content (AvgIpc) is 3.19. The Kier molecular flexibility index (Phi) is 4.69. The van der Waals surface area contributed by atoms with Crippen LogP contribution in [0.3, 0.4) is 0 Å². The lowest BCUT2D eigenvalue weighted by molar-refractivity contribution is 0.949. The standard InChI is InChI=1S/C21H23N5/c1-16-4-6-18(7-5-16)24-21-22-13-12-20(25-21)23-17-8-10-19(11-9-17)26-14-2-3-15-26/h4-13H,2-3,14-15H2,1H3,(H2,22,23,24,25). The van der Waals surface area contributed by atoms with E-state index in [0.29, 0.717) is 5.95 Å². The first kappa shape index (κ1) is 16.4. The fourth-order valence-corrected chi connectivity index (χ4v) is 3.13. The molecule has 5 nitrogen and oxygen atoms in total. The van der Waals surface area contributed by atoms with E-state index >= 15 is 0 Å². The van der Waals surface area contributed by atoms with Gasteiger partial charge in [0.15, 0.2) is 0 Å². The summed E-state index contributed by atoms with van der Waals surface area (Å²) >= 11 is 0. The summed E-state index contributed by atoms with van der Waals surface area (Å²) < 4.78 is 0. The van der Waals surface area contributed by atoms with E-state index in [1.165, 1.54) is 24.1 Å². The molecule has 0 saturated carbocycles. The van der Waals surface area contributed by atoms with Crippen molar-refractivity contribution in [2.45, 2.75) is 19.8 Å². The maximum atomic E-state index is 4.54. The van der Waals surface area contributed by atoms with E-state index in [-0.39, 0.29) is 0 Å². The Bertz CT molecular complexity index is 852. The Labute approximate surface area is 154 Å². The molecule has 2 N–H and O–H groups in total. The molecule has 1 aliphatic heterocycles. The number of anilines is 5. The Morgan fingerprint density at radius 3 is 2.19 bits per heavy atom. The summed E-state index contributed by atoms with van der Waals surface area (Å²) in [4.78, 5) is 11.3. The molecule has 26 heavy (non-hydrogen) atoms. The van der Waals surface area contributed by atoms with Crippen LogP contribution in [0.15, 0.2) is 60.8 Å². The van der Waals surface area contributed by atoms with Crippen LogP contribution < -0.4 is 15.5 Å². The average molecular weight is 345 g/mol. The second-order valence-electron chi connectivity index (χ2n) is 6.62. The second-order valence-corrected chi connectivity index (χ2v) is 6.62. The van der Waals surface area contributed by atoms with E-state index in [1.54, 1.807) is 6.20 Å². The topological polar surface area (TPSA) is 53.1 Å². The predicted molar refractivity (Wildman–Crippen MR) is 108 cm³/mol. The molecule has 3 aromatic rings. The molecule has 132 valence electrons. The van der Waals surface area contributed by atoms with Gasteiger partial charge >= 0.3 is 0 Å². The molecule has 1 aromatic heterocycles. The number of nitrogens with one attached hydrogen (secondary N) is 2. The number of aryl methyl sites for hydroxylation is 1. The van der Waals surface area contributed by atoms with Crippen LogP contribution in [-0.4, -0.2) is 23.1 Å². The van der Waals surface area contributed by atoms with Crippen molar-refractivity contribution in [3.63, 3.8) is 0 Å². The molecule has 5 heteroatoms. The summed E-state index contributed by atoms with van der Waals surface area (Å²) in [7, 11) is 0. The largest absolute Gasteiger partial charge is 0.372 e. The number of hydrogen-bond donors (Lipinski definition) is 2. The van der Waals surface area contributed by atoms with Crippen LogP contribution in [0.4, 0.5) is 28.8 Å². The SMILES string of the molecule is Cc1ccc(Nc2nccc(Nc3ccc(N4CCCC4)cc3)n2)cc1. The number of rotatable bonds is 5. The molecule has 1 fully saturated rings. The van der Waals surface area contributed by atoms with Crippen LogP contribution in [-0.2, 0) is 0 Å². The minimum Gasteiger partial charge on any atom is -0.372 e. The van der Waals surface area contributed by atoms with E-state index in [1.807, 2.05) is 18.2 Å². The number of hydrogen-bond acceptors (Lipinski definition) is 5. The van der Waals surface area contributed by atoms with Crippen molar-refractivity contribution >= 4 is 28.8 Å². The Morgan fingerprint density at radius 2 is 1.46 bits per heavy atom. The van der Waals surface area contributed by atoms with Gasteiger partial charge < -0.3 is 15.5 Å². The lowest BCUT2D eigenvalue weighted by Gasteiger charge is -2.18. The fraction of sp³-hybridized carbons (Fsp3) is 0.238. The zero-order chi connectivity index (χ0) is 17.8. The van der Waals surface area contributed by atoms with Crippen molar-refractivity contribution < 1.29 is 0 Å². The zero-order valence-corrected chi connectivity index (χ0v) is 14.9. The van der Waals surface area contributed by atoms with Gasteiger partial charge in [-0.2, -0.15) is 4.98 Å². The number of nitrogens with zero attached hydrogens (tertiary/aromatic N) is 3. The third kappa shape index (κ3) is 3.94. The summed E-state index contributed by atoms with van der Waals surface area (Å²) in [6, 6.07) is 18.6. The number of benzene rings is 2. The van der Waals surface area contributed by atoms with Crippen molar-refractivity contribution in [3.05, 3.63) is 66.4 Å². The normalized spacial score (nSPS) is 13.7. The van der Waals surface area contributed by atoms with Crippen molar-refractivity contribution in [2.75, 3.05) is 28.6 Å². The van der Waals surface area contributed by atoms with Gasteiger partial charge in [0.2, 0.25) is 5.95 Å². The monoisotopic (exact) mass is 345 g/mol. The highest BCUT2D eigenvalue weighted by Gasteiger charge is 2.11. The third-order valence-electron chi connectivity index (χ3n) is 4.57. The van der Waals surface area contributed by atoms with Gasteiger partial charge in [-0.3, -0.25) is 0 Å². The van der Waals surface area contributed by atoms with Gasteiger partial charge in [-0.05, 0) is 62.2 Å². The minimum absolute atomic E-state index is 0.576. The highest BCUT2D eigenvalue weighted by atomic mass is 15.1. The van der Waals surface area contributed by atoms with Gasteiger partial charge in [-0.1, -0.05) is 17.7 Å². The molecule has 0 amide bonds. The molecule has 0 atom stereocenters. The lowest BCUT2D eigenvalue weighted by atomic mass is 10.2. The van der Waals surface area contributed by atoms with Gasteiger partial charge in [0, 0.05) is 36.3 Å². The van der Waals surface area contributed by atoms with E-state index in [4.69, 9.17) is 0 Å². The van der Waals surface area contributed by atoms with E-state index in [0.717, 1.165) is 30.3 Å². The van der Waals surface area contributed by atoms with Crippen molar-refractivity contribution in [1.29, 1.82) is 0 Å². The molecule has 2 aromatic carbocycles. The second kappa shape index (κ2) is 7.44. The molecular weight excluding hydrogens is 322 g/mol. The Morgan fingerprint density at radius 1 is 0.808 bits per heavy atom. The summed E-state index contributed by atoms with van der Waals surface area (Å²) in [6.45, 7) is 4.39. The quantitative estimate of drug-likeness (QED) is 0.691. The zero-order valence-electron chi connectivity index (χ0n) is 14.9. The molecule has 1 saturated heterocycles. The lowest BCUT2D eigenvalue weighted by Crippen LogP contribution is -2.17. The van der Waals surface area contributed by atoms with Crippen LogP contribution in [0.25, 0.3) is 0 Å². The van der Waals surface area contributed by atoms with Crippen LogP contribution >= 0.6 is 0 Å². The molecule has 1 aliphatic rings. The van der Waals surface area contributed by atoms with Gasteiger partial charge in [-0.15, -0.1) is 0 Å². The maximum Gasteiger partial charge on any atom is 0.229 e. The van der Waals surface area contributed by atoms with E-state index < -0.39 is 0 Å². The highest BCUT2D eigenvalue weighted by molar-refractivity contribution is 5.62.